The lowest BCUT2D eigenvalue weighted by Gasteiger charge is -2.42. The lowest BCUT2D eigenvalue weighted by Crippen LogP contribution is -2.45. The number of urea groups is 1. The van der Waals surface area contributed by atoms with Crippen LogP contribution in [0.2, 0.25) is 0 Å². The molecule has 5 atom stereocenters. The first-order valence-corrected chi connectivity index (χ1v) is 14.4. The molecule has 1 fully saturated rings. The van der Waals surface area contributed by atoms with Crippen molar-refractivity contribution < 1.29 is 28.9 Å². The van der Waals surface area contributed by atoms with Gasteiger partial charge in [0.15, 0.2) is 6.29 Å². The molecule has 9 nitrogen and oxygen atoms in total. The average Bonchev–Trinajstić information content (AvgIpc) is 3.02. The molecule has 1 heterocycles. The first kappa shape index (κ1) is 31.9. The summed E-state index contributed by atoms with van der Waals surface area (Å²) < 4.78 is 17.9. The fourth-order valence-electron chi connectivity index (χ4n) is 5.16. The van der Waals surface area contributed by atoms with Gasteiger partial charge in [0.2, 0.25) is 0 Å². The zero-order valence-corrected chi connectivity index (χ0v) is 24.9. The minimum Gasteiger partial charge on any atom is -0.467 e. The van der Waals surface area contributed by atoms with Crippen molar-refractivity contribution in [2.45, 2.75) is 44.5 Å². The van der Waals surface area contributed by atoms with Crippen molar-refractivity contribution in [2.24, 2.45) is 5.92 Å². The SMILES string of the molecule is C=CCN(C)C[C@@H]1O[C@H](c2ccc(NC(=O)N[C@@H](Cc3ccccc3)C(=O)OC)cc2)O[C@H](c2ccc(CO)cc2)[C@@H]1C. The van der Waals surface area contributed by atoms with Crippen molar-refractivity contribution in [1.82, 2.24) is 10.2 Å². The highest BCUT2D eigenvalue weighted by atomic mass is 16.7. The number of benzene rings is 3. The molecule has 3 aromatic carbocycles. The van der Waals surface area contributed by atoms with Crippen LogP contribution < -0.4 is 10.6 Å². The van der Waals surface area contributed by atoms with Gasteiger partial charge in [-0.1, -0.05) is 79.7 Å². The summed E-state index contributed by atoms with van der Waals surface area (Å²) in [6.07, 6.45) is 1.20. The number of hydrogen-bond donors (Lipinski definition) is 3. The number of amides is 2. The molecule has 0 radical (unpaired) electrons. The van der Waals surface area contributed by atoms with Crippen molar-refractivity contribution in [3.05, 3.63) is 114 Å². The zero-order valence-electron chi connectivity index (χ0n) is 24.9. The first-order valence-electron chi connectivity index (χ1n) is 14.4. The van der Waals surface area contributed by atoms with Crippen molar-refractivity contribution in [3.63, 3.8) is 0 Å². The third-order valence-electron chi connectivity index (χ3n) is 7.57. The number of esters is 1. The third-order valence-corrected chi connectivity index (χ3v) is 7.57. The smallest absolute Gasteiger partial charge is 0.328 e. The van der Waals surface area contributed by atoms with E-state index in [1.165, 1.54) is 7.11 Å². The van der Waals surface area contributed by atoms with Crippen molar-refractivity contribution in [1.29, 1.82) is 0 Å². The fourth-order valence-corrected chi connectivity index (χ4v) is 5.16. The van der Waals surface area contributed by atoms with E-state index in [1.807, 2.05) is 79.9 Å². The van der Waals surface area contributed by atoms with E-state index in [4.69, 9.17) is 14.2 Å². The summed E-state index contributed by atoms with van der Waals surface area (Å²) in [5.41, 5.74) is 4.11. The Morgan fingerprint density at radius 2 is 1.67 bits per heavy atom. The highest BCUT2D eigenvalue weighted by Crippen LogP contribution is 2.42. The molecule has 0 aromatic heterocycles. The number of aliphatic hydroxyl groups excluding tert-OH is 1. The normalized spacial score (nSPS) is 20.7. The van der Waals surface area contributed by atoms with Crippen LogP contribution in [0.15, 0.2) is 91.5 Å². The van der Waals surface area contributed by atoms with Gasteiger partial charge in [0.05, 0.1) is 25.9 Å². The molecule has 1 aliphatic heterocycles. The molecule has 3 N–H and O–H groups in total. The van der Waals surface area contributed by atoms with Gasteiger partial charge >= 0.3 is 12.0 Å². The molecule has 3 aromatic rings. The van der Waals surface area contributed by atoms with E-state index in [0.717, 1.165) is 28.8 Å². The van der Waals surface area contributed by atoms with E-state index >= 15 is 0 Å². The second-order valence-electron chi connectivity index (χ2n) is 10.8. The number of likely N-dealkylation sites (N-methyl/N-ethyl adjacent to an activating group) is 1. The molecule has 43 heavy (non-hydrogen) atoms. The number of rotatable bonds is 12. The monoisotopic (exact) mass is 587 g/mol. The van der Waals surface area contributed by atoms with Gasteiger partial charge in [0.25, 0.3) is 0 Å². The van der Waals surface area contributed by atoms with E-state index in [9.17, 15) is 14.7 Å². The van der Waals surface area contributed by atoms with Crippen molar-refractivity contribution >= 4 is 17.7 Å². The van der Waals surface area contributed by atoms with Crippen LogP contribution >= 0.6 is 0 Å². The summed E-state index contributed by atoms with van der Waals surface area (Å²) in [6, 6.07) is 23.1. The number of nitrogens with zero attached hydrogens (tertiary/aromatic N) is 1. The van der Waals surface area contributed by atoms with E-state index in [0.29, 0.717) is 18.7 Å². The van der Waals surface area contributed by atoms with Crippen LogP contribution in [-0.2, 0) is 32.0 Å². The third kappa shape index (κ3) is 8.75. The Kier molecular flexibility index (Phi) is 11.5. The maximum Gasteiger partial charge on any atom is 0.328 e. The van der Waals surface area contributed by atoms with Gasteiger partial charge in [0, 0.05) is 36.7 Å². The topological polar surface area (TPSA) is 109 Å². The number of aliphatic hydroxyl groups is 1. The second kappa shape index (κ2) is 15.5. The summed E-state index contributed by atoms with van der Waals surface area (Å²) in [6.45, 7) is 7.38. The van der Waals surface area contributed by atoms with Crippen LogP contribution in [0.5, 0.6) is 0 Å². The molecule has 0 aliphatic carbocycles. The Labute approximate surface area is 253 Å². The first-order chi connectivity index (χ1) is 20.8. The quantitative estimate of drug-likeness (QED) is 0.202. The van der Waals surface area contributed by atoms with Crippen LogP contribution in [0.25, 0.3) is 0 Å². The molecule has 0 spiro atoms. The van der Waals surface area contributed by atoms with Crippen molar-refractivity contribution in [2.75, 3.05) is 32.6 Å². The van der Waals surface area contributed by atoms with Gasteiger partial charge in [-0.2, -0.15) is 0 Å². The fraction of sp³-hybridized carbons (Fsp3) is 0.353. The van der Waals surface area contributed by atoms with E-state index in [2.05, 4.69) is 29.0 Å². The molecule has 228 valence electrons. The Morgan fingerprint density at radius 3 is 2.30 bits per heavy atom. The molecule has 4 rings (SSSR count). The zero-order chi connectivity index (χ0) is 30.8. The molecule has 0 bridgehead atoms. The maximum atomic E-state index is 12.8. The van der Waals surface area contributed by atoms with Gasteiger partial charge < -0.3 is 34.9 Å². The molecule has 0 saturated carbocycles. The molecule has 9 heteroatoms. The molecular formula is C34H41N3O6. The summed E-state index contributed by atoms with van der Waals surface area (Å²) in [7, 11) is 3.33. The Morgan fingerprint density at radius 1 is 1.00 bits per heavy atom. The molecule has 2 amide bonds. The summed E-state index contributed by atoms with van der Waals surface area (Å²) in [5.74, 6) is -0.462. The summed E-state index contributed by atoms with van der Waals surface area (Å²) in [4.78, 5) is 27.3. The number of hydrogen-bond acceptors (Lipinski definition) is 7. The number of carbonyl (C=O) groups is 2. The molecular weight excluding hydrogens is 546 g/mol. The van der Waals surface area contributed by atoms with Gasteiger partial charge in [-0.25, -0.2) is 9.59 Å². The van der Waals surface area contributed by atoms with Gasteiger partial charge in [-0.3, -0.25) is 0 Å². The largest absolute Gasteiger partial charge is 0.467 e. The standard InChI is InChI=1S/C34H41N3O6/c1-5-19-37(3)21-30-23(2)31(26-13-11-25(22-38)12-14-26)43-33(42-30)27-15-17-28(18-16-27)35-34(40)36-29(32(39)41-4)20-24-9-7-6-8-10-24/h5-18,23,29-31,33,38H,1,19-22H2,2-4H3,(H2,35,36,40)/t23-,29+,30+,31+,33+/m1/s1. The number of ether oxygens (including phenoxy) is 3. The van der Waals surface area contributed by atoms with E-state index < -0.39 is 24.3 Å². The highest BCUT2D eigenvalue weighted by Gasteiger charge is 2.38. The predicted molar refractivity (Wildman–Crippen MR) is 165 cm³/mol. The number of carbonyl (C=O) groups excluding carboxylic acids is 2. The lowest BCUT2D eigenvalue weighted by atomic mass is 9.90. The molecule has 1 saturated heterocycles. The molecule has 0 unspecified atom stereocenters. The van der Waals surface area contributed by atoms with Crippen LogP contribution in [0.3, 0.4) is 0 Å². The number of anilines is 1. The average molecular weight is 588 g/mol. The predicted octanol–water partition coefficient (Wildman–Crippen LogP) is 4.99. The van der Waals surface area contributed by atoms with Gasteiger partial charge in [-0.15, -0.1) is 6.58 Å². The minimum atomic E-state index is -0.836. The lowest BCUT2D eigenvalue weighted by molar-refractivity contribution is -0.275. The van der Waals surface area contributed by atoms with Gasteiger partial charge in [0.1, 0.15) is 6.04 Å². The van der Waals surface area contributed by atoms with Crippen LogP contribution in [-0.4, -0.2) is 61.4 Å². The maximum absolute atomic E-state index is 12.8. The summed E-state index contributed by atoms with van der Waals surface area (Å²) in [5, 5.41) is 15.0. The number of nitrogens with one attached hydrogen (secondary N) is 2. The second-order valence-corrected chi connectivity index (χ2v) is 10.8. The van der Waals surface area contributed by atoms with Crippen LogP contribution in [0.1, 0.15) is 41.6 Å². The Hall–Kier alpha value is -4.02. The van der Waals surface area contributed by atoms with Crippen molar-refractivity contribution in [3.8, 4) is 0 Å². The highest BCUT2D eigenvalue weighted by molar-refractivity contribution is 5.92. The number of methoxy groups -OCH3 is 1. The van der Waals surface area contributed by atoms with E-state index in [-0.39, 0.29) is 24.7 Å². The molecule has 1 aliphatic rings. The Balaban J connectivity index is 1.46. The van der Waals surface area contributed by atoms with Crippen LogP contribution in [0.4, 0.5) is 10.5 Å². The van der Waals surface area contributed by atoms with E-state index in [1.54, 1.807) is 12.1 Å². The minimum absolute atomic E-state index is 0.0170. The Bertz CT molecular complexity index is 1330. The summed E-state index contributed by atoms with van der Waals surface area (Å²) >= 11 is 0. The van der Waals surface area contributed by atoms with Crippen LogP contribution in [0, 0.1) is 5.92 Å². The van der Waals surface area contributed by atoms with Gasteiger partial charge in [-0.05, 0) is 35.9 Å².